The van der Waals surface area contributed by atoms with Gasteiger partial charge >= 0.3 is 0 Å². The molecule has 4 nitrogen and oxygen atoms in total. The lowest BCUT2D eigenvalue weighted by atomic mass is 9.68. The Morgan fingerprint density at radius 1 is 0.789 bits per heavy atom. The van der Waals surface area contributed by atoms with Crippen LogP contribution < -0.4 is 4.90 Å². The Balaban J connectivity index is 1.09. The molecule has 3 aromatic rings. The van der Waals surface area contributed by atoms with Gasteiger partial charge in [-0.1, -0.05) is 80.1 Å². The summed E-state index contributed by atoms with van der Waals surface area (Å²) in [4.78, 5) is 30.5. The number of piperazine rings is 1. The molecule has 198 valence electrons. The first-order valence-electron chi connectivity index (χ1n) is 14.4. The van der Waals surface area contributed by atoms with E-state index < -0.39 is 0 Å². The van der Waals surface area contributed by atoms with Crippen LogP contribution in [0, 0.1) is 11.8 Å². The fourth-order valence-electron chi connectivity index (χ4n) is 5.87. The van der Waals surface area contributed by atoms with Crippen LogP contribution in [0.2, 0.25) is 0 Å². The van der Waals surface area contributed by atoms with Gasteiger partial charge in [-0.2, -0.15) is 0 Å². The van der Waals surface area contributed by atoms with Gasteiger partial charge in [0.05, 0.1) is 0 Å². The SMILES string of the molecule is CCCCc1ccc(-c2ccc(C(=O)C3CCC3CCC(=O)N3CCN(c4ccccc4)CC3)cc2)cc1. The van der Waals surface area contributed by atoms with Gasteiger partial charge in [0.15, 0.2) is 5.78 Å². The topological polar surface area (TPSA) is 40.6 Å². The largest absolute Gasteiger partial charge is 0.368 e. The fourth-order valence-corrected chi connectivity index (χ4v) is 5.87. The van der Waals surface area contributed by atoms with Gasteiger partial charge in [-0.3, -0.25) is 9.59 Å². The highest BCUT2D eigenvalue weighted by Crippen LogP contribution is 2.40. The first kappa shape index (κ1) is 26.2. The van der Waals surface area contributed by atoms with Gasteiger partial charge in [0.1, 0.15) is 0 Å². The summed E-state index contributed by atoms with van der Waals surface area (Å²) in [5.41, 5.74) is 5.74. The molecule has 3 aromatic carbocycles. The Morgan fingerprint density at radius 2 is 1.45 bits per heavy atom. The highest BCUT2D eigenvalue weighted by Gasteiger charge is 2.37. The summed E-state index contributed by atoms with van der Waals surface area (Å²) in [7, 11) is 0. The van der Waals surface area contributed by atoms with Gasteiger partial charge in [0.25, 0.3) is 0 Å². The fraction of sp³-hybridized carbons (Fsp3) is 0.412. The van der Waals surface area contributed by atoms with Crippen molar-refractivity contribution in [3.63, 3.8) is 0 Å². The Hall–Kier alpha value is -3.40. The van der Waals surface area contributed by atoms with E-state index >= 15 is 0 Å². The molecule has 4 heteroatoms. The Morgan fingerprint density at radius 3 is 2.05 bits per heavy atom. The molecule has 0 aromatic heterocycles. The number of carbonyl (C=O) groups excluding carboxylic acids is 2. The molecule has 2 atom stereocenters. The van der Waals surface area contributed by atoms with E-state index in [1.54, 1.807) is 0 Å². The smallest absolute Gasteiger partial charge is 0.222 e. The van der Waals surface area contributed by atoms with Crippen molar-refractivity contribution in [2.75, 3.05) is 31.1 Å². The predicted octanol–water partition coefficient (Wildman–Crippen LogP) is 7.03. The number of benzene rings is 3. The van der Waals surface area contributed by atoms with E-state index in [2.05, 4.69) is 72.5 Å². The number of para-hydroxylation sites is 1. The number of nitrogens with zero attached hydrogens (tertiary/aromatic N) is 2. The molecule has 1 heterocycles. The Labute approximate surface area is 227 Å². The third-order valence-electron chi connectivity index (χ3n) is 8.51. The molecular formula is C34H40N2O2. The molecule has 1 amide bonds. The molecule has 1 saturated carbocycles. The van der Waals surface area contributed by atoms with Crippen molar-refractivity contribution in [1.29, 1.82) is 0 Å². The van der Waals surface area contributed by atoms with Gasteiger partial charge in [0, 0.05) is 49.8 Å². The van der Waals surface area contributed by atoms with Gasteiger partial charge < -0.3 is 9.80 Å². The molecule has 0 spiro atoms. The van der Waals surface area contributed by atoms with E-state index in [0.29, 0.717) is 12.3 Å². The number of hydrogen-bond acceptors (Lipinski definition) is 3. The van der Waals surface area contributed by atoms with Crippen LogP contribution in [0.15, 0.2) is 78.9 Å². The van der Waals surface area contributed by atoms with Gasteiger partial charge in [-0.25, -0.2) is 0 Å². The summed E-state index contributed by atoms with van der Waals surface area (Å²) in [6.45, 7) is 5.51. The molecular weight excluding hydrogens is 468 g/mol. The highest BCUT2D eigenvalue weighted by atomic mass is 16.2. The number of aryl methyl sites for hydroxylation is 1. The van der Waals surface area contributed by atoms with E-state index in [1.807, 2.05) is 23.1 Å². The van der Waals surface area contributed by atoms with E-state index in [-0.39, 0.29) is 17.6 Å². The number of amides is 1. The summed E-state index contributed by atoms with van der Waals surface area (Å²) in [6.07, 6.45) is 6.91. The van der Waals surface area contributed by atoms with Crippen molar-refractivity contribution in [1.82, 2.24) is 4.90 Å². The second kappa shape index (κ2) is 12.4. The molecule has 0 radical (unpaired) electrons. The van der Waals surface area contributed by atoms with Crippen LogP contribution in [0.3, 0.4) is 0 Å². The number of hydrogen-bond donors (Lipinski definition) is 0. The van der Waals surface area contributed by atoms with Gasteiger partial charge in [-0.15, -0.1) is 0 Å². The Kier molecular flexibility index (Phi) is 8.58. The molecule has 1 aliphatic heterocycles. The molecule has 1 saturated heterocycles. The average Bonchev–Trinajstić information content (AvgIpc) is 2.96. The van der Waals surface area contributed by atoms with Gasteiger partial charge in [-0.05, 0) is 66.8 Å². The zero-order chi connectivity index (χ0) is 26.3. The molecule has 0 bridgehead atoms. The minimum atomic E-state index is 0.0569. The van der Waals surface area contributed by atoms with E-state index in [4.69, 9.17) is 0 Å². The summed E-state index contributed by atoms with van der Waals surface area (Å²) in [6, 6.07) is 27.3. The van der Waals surface area contributed by atoms with Crippen LogP contribution in [-0.4, -0.2) is 42.8 Å². The monoisotopic (exact) mass is 508 g/mol. The van der Waals surface area contributed by atoms with Crippen LogP contribution in [0.25, 0.3) is 11.1 Å². The molecule has 2 unspecified atom stereocenters. The third kappa shape index (κ3) is 6.18. The van der Waals surface area contributed by atoms with Gasteiger partial charge in [0.2, 0.25) is 5.91 Å². The zero-order valence-corrected chi connectivity index (χ0v) is 22.6. The minimum absolute atomic E-state index is 0.0569. The number of carbonyl (C=O) groups is 2. The van der Waals surface area contributed by atoms with E-state index in [0.717, 1.165) is 63.0 Å². The van der Waals surface area contributed by atoms with Crippen LogP contribution >= 0.6 is 0 Å². The van der Waals surface area contributed by atoms with Crippen LogP contribution in [-0.2, 0) is 11.2 Å². The molecule has 0 N–H and O–H groups in total. The molecule has 1 aliphatic carbocycles. The van der Waals surface area contributed by atoms with Crippen molar-refractivity contribution in [3.05, 3.63) is 90.0 Å². The number of rotatable bonds is 10. The van der Waals surface area contributed by atoms with Crippen molar-refractivity contribution >= 4 is 17.4 Å². The first-order chi connectivity index (χ1) is 18.6. The zero-order valence-electron chi connectivity index (χ0n) is 22.6. The van der Waals surface area contributed by atoms with Crippen molar-refractivity contribution in [3.8, 4) is 11.1 Å². The average molecular weight is 509 g/mol. The summed E-state index contributed by atoms with van der Waals surface area (Å²) < 4.78 is 0. The molecule has 2 aliphatic rings. The second-order valence-corrected chi connectivity index (χ2v) is 10.9. The lowest BCUT2D eigenvalue weighted by Gasteiger charge is -2.38. The summed E-state index contributed by atoms with van der Waals surface area (Å²) >= 11 is 0. The standard InChI is InChI=1S/C34H40N2O2/c1-2-3-7-26-10-12-27(13-11-26)28-14-16-30(17-15-28)34(38)32-20-18-29(32)19-21-33(37)36-24-22-35(23-25-36)31-8-5-4-6-9-31/h4-6,8-17,29,32H,2-3,7,18-25H2,1H3. The van der Waals surface area contributed by atoms with E-state index in [9.17, 15) is 9.59 Å². The maximum absolute atomic E-state index is 13.2. The molecule has 2 fully saturated rings. The molecule has 38 heavy (non-hydrogen) atoms. The second-order valence-electron chi connectivity index (χ2n) is 10.9. The quantitative estimate of drug-likeness (QED) is 0.276. The molecule has 5 rings (SSSR count). The lowest BCUT2D eigenvalue weighted by Crippen LogP contribution is -2.49. The number of Topliss-reactive ketones (excluding diaryl/α,β-unsaturated/α-hetero) is 1. The van der Waals surface area contributed by atoms with Crippen LogP contribution in [0.4, 0.5) is 5.69 Å². The maximum atomic E-state index is 13.2. The van der Waals surface area contributed by atoms with Crippen LogP contribution in [0.5, 0.6) is 0 Å². The predicted molar refractivity (Wildman–Crippen MR) is 156 cm³/mol. The van der Waals surface area contributed by atoms with Crippen molar-refractivity contribution in [2.24, 2.45) is 11.8 Å². The normalized spacial score (nSPS) is 19.2. The maximum Gasteiger partial charge on any atom is 0.222 e. The summed E-state index contributed by atoms with van der Waals surface area (Å²) in [5, 5.41) is 0. The van der Waals surface area contributed by atoms with E-state index in [1.165, 1.54) is 29.7 Å². The van der Waals surface area contributed by atoms with Crippen LogP contribution in [0.1, 0.15) is 61.4 Å². The minimum Gasteiger partial charge on any atom is -0.368 e. The number of unbranched alkanes of at least 4 members (excludes halogenated alkanes) is 1. The highest BCUT2D eigenvalue weighted by molar-refractivity contribution is 5.99. The lowest BCUT2D eigenvalue weighted by molar-refractivity contribution is -0.132. The number of ketones is 1. The summed E-state index contributed by atoms with van der Waals surface area (Å²) in [5.74, 6) is 0.862. The Bertz CT molecular complexity index is 1200. The van der Waals surface area contributed by atoms with Crippen molar-refractivity contribution in [2.45, 2.75) is 51.9 Å². The third-order valence-corrected chi connectivity index (χ3v) is 8.51. The first-order valence-corrected chi connectivity index (χ1v) is 14.4. The number of anilines is 1. The van der Waals surface area contributed by atoms with Crippen molar-refractivity contribution < 1.29 is 9.59 Å².